The molecule has 0 bridgehead atoms. The summed E-state index contributed by atoms with van der Waals surface area (Å²) in [5, 5.41) is 13.4. The van der Waals surface area contributed by atoms with Crippen molar-refractivity contribution < 1.29 is 30.0 Å². The first kappa shape index (κ1) is 40.3. The number of hydrogen-bond acceptors (Lipinski definition) is 5. The van der Waals surface area contributed by atoms with Crippen LogP contribution < -0.4 is 0 Å². The second-order valence-electron chi connectivity index (χ2n) is 14.3. The summed E-state index contributed by atoms with van der Waals surface area (Å²) in [6.07, 6.45) is 9.90. The maximum absolute atomic E-state index is 11.7. The first-order valence-corrected chi connectivity index (χ1v) is 18.4. The van der Waals surface area contributed by atoms with E-state index in [1.165, 1.54) is 38.4 Å². The fraction of sp³-hybridized carbons (Fsp3) is 0.419. The van der Waals surface area contributed by atoms with Gasteiger partial charge in [-0.1, -0.05) is 97.5 Å². The van der Waals surface area contributed by atoms with Gasteiger partial charge in [0, 0.05) is 66.4 Å². The number of aliphatic hydroxyl groups excluding tert-OH is 1. The van der Waals surface area contributed by atoms with Crippen LogP contribution in [0.5, 0.6) is 0 Å². The summed E-state index contributed by atoms with van der Waals surface area (Å²) in [4.78, 5) is 23.5. The number of rotatable bonds is 11. The summed E-state index contributed by atoms with van der Waals surface area (Å²) >= 11 is 1.74. The summed E-state index contributed by atoms with van der Waals surface area (Å²) < 4.78 is 0. The van der Waals surface area contributed by atoms with Crippen molar-refractivity contribution in [3.05, 3.63) is 96.0 Å². The molecule has 3 aromatic heterocycles. The van der Waals surface area contributed by atoms with Gasteiger partial charge in [0.05, 0.1) is 5.76 Å². The smallest absolute Gasteiger partial charge is 0.162 e. The molecule has 0 aliphatic rings. The Labute approximate surface area is 311 Å². The standard InChI is InChI=1S/C30H29N2S.C13H24O2.Ir/c1-19(2)12-20-13-24-17-28(33-29(24)32-18-20)22-10-11-31-27(16-22)23-14-21-8-6-7-9-25(21)26(15-23)30(3,4)5;1-5-10(6-2)12(14)9-13(15)11(7-3)8-4;/h6-11,13,15-19H,12H2,1-5H3;9-11,14H,5-8H2,1-4H3;/q-1;;/b;12-9-;. The number of carbonyl (C=O) groups is 1. The van der Waals surface area contributed by atoms with E-state index in [4.69, 9.17) is 9.97 Å². The molecule has 3 heterocycles. The van der Waals surface area contributed by atoms with Gasteiger partial charge in [-0.15, -0.1) is 40.5 Å². The number of aromatic nitrogens is 2. The zero-order valence-corrected chi connectivity index (χ0v) is 33.9. The molecule has 0 amide bonds. The van der Waals surface area contributed by atoms with E-state index in [2.05, 4.69) is 95.3 Å². The van der Waals surface area contributed by atoms with E-state index in [1.54, 1.807) is 11.3 Å². The van der Waals surface area contributed by atoms with E-state index in [0.717, 1.165) is 53.6 Å². The predicted molar refractivity (Wildman–Crippen MR) is 206 cm³/mol. The molecule has 1 radical (unpaired) electrons. The summed E-state index contributed by atoms with van der Waals surface area (Å²) in [6.45, 7) is 19.4. The number of hydrogen-bond donors (Lipinski definition) is 1. The van der Waals surface area contributed by atoms with Crippen molar-refractivity contribution in [2.24, 2.45) is 17.8 Å². The van der Waals surface area contributed by atoms with Gasteiger partial charge in [0.15, 0.2) is 5.78 Å². The molecule has 4 nitrogen and oxygen atoms in total. The van der Waals surface area contributed by atoms with Gasteiger partial charge in [0.1, 0.15) is 4.83 Å². The fourth-order valence-corrected chi connectivity index (χ4v) is 7.18. The molecule has 0 saturated carbocycles. The number of allylic oxidation sites excluding steroid dienone is 2. The molecule has 49 heavy (non-hydrogen) atoms. The Morgan fingerprint density at radius 1 is 0.918 bits per heavy atom. The summed E-state index contributed by atoms with van der Waals surface area (Å²) in [6, 6.07) is 23.2. The second-order valence-corrected chi connectivity index (χ2v) is 15.3. The van der Waals surface area contributed by atoms with Gasteiger partial charge in [-0.05, 0) is 72.8 Å². The number of thiophene rings is 1. The number of aliphatic hydroxyl groups is 1. The minimum Gasteiger partial charge on any atom is -0.512 e. The number of carbonyl (C=O) groups excluding carboxylic acids is 1. The van der Waals surface area contributed by atoms with Crippen LogP contribution in [0, 0.1) is 23.8 Å². The Morgan fingerprint density at radius 2 is 1.59 bits per heavy atom. The number of pyridine rings is 2. The normalized spacial score (nSPS) is 12.0. The zero-order valence-electron chi connectivity index (χ0n) is 30.7. The molecular weight excluding hydrogens is 801 g/mol. The quantitative estimate of drug-likeness (QED) is 0.0817. The van der Waals surface area contributed by atoms with Gasteiger partial charge in [-0.2, -0.15) is 0 Å². The van der Waals surface area contributed by atoms with Crippen LogP contribution in [0.25, 0.3) is 42.7 Å². The minimum absolute atomic E-state index is 0. The monoisotopic (exact) mass is 854 g/mol. The molecule has 1 N–H and O–H groups in total. The van der Waals surface area contributed by atoms with Gasteiger partial charge in [-0.25, -0.2) is 4.98 Å². The second kappa shape index (κ2) is 18.2. The SMILES string of the molecule is CC(C)Cc1cnc2sc(-c3ccnc(-c4[c-]c5ccccc5c(C(C)(C)C)c4)c3)cc2c1.CCC(CC)C(=O)/C=C(\O)C(CC)CC.[Ir]. The molecule has 0 unspecified atom stereocenters. The van der Waals surface area contributed by atoms with Crippen LogP contribution >= 0.6 is 11.3 Å². The molecule has 0 spiro atoms. The topological polar surface area (TPSA) is 63.1 Å². The summed E-state index contributed by atoms with van der Waals surface area (Å²) in [7, 11) is 0. The van der Waals surface area contributed by atoms with E-state index < -0.39 is 0 Å². The average molecular weight is 854 g/mol. The van der Waals surface area contributed by atoms with Crippen LogP contribution in [0.15, 0.2) is 78.8 Å². The Morgan fingerprint density at radius 3 is 2.22 bits per heavy atom. The minimum atomic E-state index is 0. The van der Waals surface area contributed by atoms with Crippen molar-refractivity contribution in [1.82, 2.24) is 9.97 Å². The van der Waals surface area contributed by atoms with Crippen molar-refractivity contribution in [1.29, 1.82) is 0 Å². The third-order valence-electron chi connectivity index (χ3n) is 9.06. The van der Waals surface area contributed by atoms with Crippen molar-refractivity contribution >= 4 is 38.1 Å². The van der Waals surface area contributed by atoms with Crippen molar-refractivity contribution in [2.45, 2.75) is 99.8 Å². The van der Waals surface area contributed by atoms with E-state index in [-0.39, 0.29) is 48.9 Å². The molecule has 5 aromatic rings. The maximum atomic E-state index is 11.7. The Balaban J connectivity index is 0.000000347. The number of ketones is 1. The summed E-state index contributed by atoms with van der Waals surface area (Å²) in [5.74, 6) is 1.17. The molecule has 0 atom stereocenters. The Bertz CT molecular complexity index is 1860. The van der Waals surface area contributed by atoms with E-state index in [0.29, 0.717) is 5.92 Å². The largest absolute Gasteiger partial charge is 0.512 e. The molecule has 0 aliphatic heterocycles. The molecule has 0 fully saturated rings. The molecule has 5 rings (SSSR count). The van der Waals surface area contributed by atoms with Crippen molar-refractivity contribution in [2.75, 3.05) is 0 Å². The van der Waals surface area contributed by atoms with Crippen LogP contribution in [0.4, 0.5) is 0 Å². The van der Waals surface area contributed by atoms with Crippen LogP contribution in [0.2, 0.25) is 0 Å². The first-order valence-electron chi connectivity index (χ1n) is 17.6. The van der Waals surface area contributed by atoms with Crippen LogP contribution in [0.1, 0.15) is 99.1 Å². The maximum Gasteiger partial charge on any atom is 0.162 e. The van der Waals surface area contributed by atoms with Crippen LogP contribution in [-0.4, -0.2) is 20.9 Å². The number of fused-ring (bicyclic) bond motifs is 2. The molecule has 0 saturated heterocycles. The van der Waals surface area contributed by atoms with Gasteiger partial charge in [-0.3, -0.25) is 9.78 Å². The van der Waals surface area contributed by atoms with Crippen LogP contribution in [-0.2, 0) is 36.7 Å². The Hall–Kier alpha value is -3.18. The average Bonchev–Trinajstić information content (AvgIpc) is 3.49. The first-order chi connectivity index (χ1) is 22.9. The zero-order chi connectivity index (χ0) is 35.0. The molecular formula is C43H53IrN2O2S-. The molecule has 2 aromatic carbocycles. The number of nitrogens with zero attached hydrogens (tertiary/aromatic N) is 2. The van der Waals surface area contributed by atoms with Crippen molar-refractivity contribution in [3.63, 3.8) is 0 Å². The van der Waals surface area contributed by atoms with E-state index in [1.807, 2.05) is 40.1 Å². The number of benzene rings is 2. The van der Waals surface area contributed by atoms with Crippen molar-refractivity contribution in [3.8, 4) is 21.7 Å². The Kier molecular flexibility index (Phi) is 14.9. The van der Waals surface area contributed by atoms with Gasteiger partial charge in [0.2, 0.25) is 0 Å². The van der Waals surface area contributed by atoms with Crippen LogP contribution in [0.3, 0.4) is 0 Å². The third-order valence-corrected chi connectivity index (χ3v) is 10.2. The predicted octanol–water partition coefficient (Wildman–Crippen LogP) is 12.3. The molecule has 0 aliphatic carbocycles. The molecule has 263 valence electrons. The summed E-state index contributed by atoms with van der Waals surface area (Å²) in [5.41, 5.74) is 5.83. The van der Waals surface area contributed by atoms with Gasteiger partial charge >= 0.3 is 0 Å². The van der Waals surface area contributed by atoms with E-state index in [9.17, 15) is 9.90 Å². The van der Waals surface area contributed by atoms with Gasteiger partial charge < -0.3 is 5.11 Å². The third kappa shape index (κ3) is 10.4. The van der Waals surface area contributed by atoms with E-state index >= 15 is 0 Å². The van der Waals surface area contributed by atoms with Gasteiger partial charge in [0.25, 0.3) is 0 Å². The fourth-order valence-electron chi connectivity index (χ4n) is 6.20. The molecule has 6 heteroatoms.